The van der Waals surface area contributed by atoms with Crippen LogP contribution in [0.25, 0.3) is 0 Å². The standard InChI is InChI=1S/C15H13BrN2O/c1-18(14-5-3-4-6-15(14)19-2)13-8-7-12(16)9-11(13)10-17/h3-9H,1-2H3. The summed E-state index contributed by atoms with van der Waals surface area (Å²) < 4.78 is 6.24. The molecule has 0 saturated heterocycles. The molecule has 0 aliphatic heterocycles. The zero-order chi connectivity index (χ0) is 13.8. The number of ether oxygens (including phenoxy) is 1. The molecule has 0 bridgehead atoms. The molecule has 0 aliphatic carbocycles. The van der Waals surface area contributed by atoms with Crippen molar-refractivity contribution in [2.45, 2.75) is 0 Å². The second kappa shape index (κ2) is 5.77. The van der Waals surface area contributed by atoms with E-state index < -0.39 is 0 Å². The number of anilines is 2. The van der Waals surface area contributed by atoms with Gasteiger partial charge in [-0.1, -0.05) is 28.1 Å². The molecule has 0 fully saturated rings. The molecule has 4 heteroatoms. The highest BCUT2D eigenvalue weighted by molar-refractivity contribution is 9.10. The van der Waals surface area contributed by atoms with Gasteiger partial charge in [0.2, 0.25) is 0 Å². The van der Waals surface area contributed by atoms with Gasteiger partial charge < -0.3 is 9.64 Å². The number of hydrogen-bond donors (Lipinski definition) is 0. The topological polar surface area (TPSA) is 36.3 Å². The summed E-state index contributed by atoms with van der Waals surface area (Å²) in [6.07, 6.45) is 0. The summed E-state index contributed by atoms with van der Waals surface area (Å²) in [4.78, 5) is 1.95. The van der Waals surface area contributed by atoms with E-state index in [2.05, 4.69) is 22.0 Å². The molecule has 2 aromatic carbocycles. The van der Waals surface area contributed by atoms with Crippen LogP contribution in [0.4, 0.5) is 11.4 Å². The number of nitriles is 1. The van der Waals surface area contributed by atoms with Gasteiger partial charge in [0, 0.05) is 11.5 Å². The number of benzene rings is 2. The van der Waals surface area contributed by atoms with Crippen molar-refractivity contribution >= 4 is 27.3 Å². The van der Waals surface area contributed by atoms with Crippen LogP contribution in [0.15, 0.2) is 46.9 Å². The number of hydrogen-bond acceptors (Lipinski definition) is 3. The van der Waals surface area contributed by atoms with Gasteiger partial charge in [0.25, 0.3) is 0 Å². The highest BCUT2D eigenvalue weighted by atomic mass is 79.9. The van der Waals surface area contributed by atoms with Crippen molar-refractivity contribution in [2.24, 2.45) is 0 Å². The van der Waals surface area contributed by atoms with Crippen molar-refractivity contribution in [1.82, 2.24) is 0 Å². The third-order valence-corrected chi connectivity index (χ3v) is 3.38. The van der Waals surface area contributed by atoms with E-state index in [0.29, 0.717) is 5.56 Å². The molecule has 0 saturated carbocycles. The summed E-state index contributed by atoms with van der Waals surface area (Å²) in [6, 6.07) is 15.6. The maximum absolute atomic E-state index is 9.24. The molecular weight excluding hydrogens is 304 g/mol. The minimum Gasteiger partial charge on any atom is -0.495 e. The Morgan fingerprint density at radius 2 is 1.89 bits per heavy atom. The number of halogens is 1. The van der Waals surface area contributed by atoms with Crippen molar-refractivity contribution in [3.05, 3.63) is 52.5 Å². The first kappa shape index (κ1) is 13.4. The molecular formula is C15H13BrN2O. The fourth-order valence-corrected chi connectivity index (χ4v) is 2.29. The number of rotatable bonds is 3. The van der Waals surface area contributed by atoms with E-state index >= 15 is 0 Å². The smallest absolute Gasteiger partial charge is 0.142 e. The minimum atomic E-state index is 0.614. The first-order chi connectivity index (χ1) is 9.17. The van der Waals surface area contributed by atoms with E-state index in [-0.39, 0.29) is 0 Å². The molecule has 0 amide bonds. The summed E-state index contributed by atoms with van der Waals surface area (Å²) in [5.41, 5.74) is 2.38. The molecule has 0 N–H and O–H groups in total. The quantitative estimate of drug-likeness (QED) is 0.855. The Morgan fingerprint density at radius 3 is 2.58 bits per heavy atom. The molecule has 3 nitrogen and oxygen atoms in total. The van der Waals surface area contributed by atoms with Gasteiger partial charge >= 0.3 is 0 Å². The van der Waals surface area contributed by atoms with Gasteiger partial charge in [0.05, 0.1) is 24.0 Å². The predicted octanol–water partition coefficient (Wildman–Crippen LogP) is 4.10. The Morgan fingerprint density at radius 1 is 1.16 bits per heavy atom. The van der Waals surface area contributed by atoms with E-state index in [1.165, 1.54) is 0 Å². The SMILES string of the molecule is COc1ccccc1N(C)c1ccc(Br)cc1C#N. The molecule has 0 radical (unpaired) electrons. The van der Waals surface area contributed by atoms with Crippen LogP contribution in [0, 0.1) is 11.3 Å². The fraction of sp³-hybridized carbons (Fsp3) is 0.133. The summed E-state index contributed by atoms with van der Waals surface area (Å²) in [7, 11) is 3.56. The van der Waals surface area contributed by atoms with Crippen molar-refractivity contribution in [2.75, 3.05) is 19.1 Å². The first-order valence-corrected chi connectivity index (χ1v) is 6.53. The highest BCUT2D eigenvalue weighted by Gasteiger charge is 2.13. The van der Waals surface area contributed by atoms with Crippen LogP contribution < -0.4 is 9.64 Å². The van der Waals surface area contributed by atoms with Crippen molar-refractivity contribution in [3.8, 4) is 11.8 Å². The van der Waals surface area contributed by atoms with E-state index in [4.69, 9.17) is 4.74 Å². The van der Waals surface area contributed by atoms with Gasteiger partial charge in [-0.2, -0.15) is 5.26 Å². The van der Waals surface area contributed by atoms with Gasteiger partial charge in [-0.25, -0.2) is 0 Å². The fourth-order valence-electron chi connectivity index (χ4n) is 1.93. The molecule has 0 aromatic heterocycles. The zero-order valence-corrected chi connectivity index (χ0v) is 12.3. The van der Waals surface area contributed by atoms with Gasteiger partial charge in [0.15, 0.2) is 0 Å². The maximum atomic E-state index is 9.24. The number of para-hydroxylation sites is 2. The maximum Gasteiger partial charge on any atom is 0.142 e. The van der Waals surface area contributed by atoms with Crippen molar-refractivity contribution in [3.63, 3.8) is 0 Å². The average Bonchev–Trinajstić information content (AvgIpc) is 2.46. The van der Waals surface area contributed by atoms with Crippen molar-refractivity contribution in [1.29, 1.82) is 5.26 Å². The lowest BCUT2D eigenvalue weighted by Crippen LogP contribution is -2.12. The molecule has 19 heavy (non-hydrogen) atoms. The van der Waals surface area contributed by atoms with Gasteiger partial charge in [-0.15, -0.1) is 0 Å². The average molecular weight is 317 g/mol. The molecule has 96 valence electrons. The lowest BCUT2D eigenvalue weighted by Gasteiger charge is -2.22. The van der Waals surface area contributed by atoms with Crippen LogP contribution in [0.2, 0.25) is 0 Å². The third-order valence-electron chi connectivity index (χ3n) is 2.89. The Kier molecular flexibility index (Phi) is 4.08. The summed E-state index contributed by atoms with van der Waals surface area (Å²) in [5, 5.41) is 9.24. The molecule has 0 atom stereocenters. The van der Waals surface area contributed by atoms with Crippen LogP contribution in [0.5, 0.6) is 5.75 Å². The lowest BCUT2D eigenvalue weighted by atomic mass is 10.1. The molecule has 0 heterocycles. The highest BCUT2D eigenvalue weighted by Crippen LogP contribution is 2.34. The molecule has 0 spiro atoms. The van der Waals surface area contributed by atoms with Gasteiger partial charge in [-0.05, 0) is 30.3 Å². The Bertz CT molecular complexity index is 634. The van der Waals surface area contributed by atoms with E-state index in [9.17, 15) is 5.26 Å². The third kappa shape index (κ3) is 2.72. The first-order valence-electron chi connectivity index (χ1n) is 5.73. The van der Waals surface area contributed by atoms with E-state index in [0.717, 1.165) is 21.6 Å². The number of methoxy groups -OCH3 is 1. The minimum absolute atomic E-state index is 0.614. The summed E-state index contributed by atoms with van der Waals surface area (Å²) >= 11 is 3.38. The Balaban J connectivity index is 2.50. The largest absolute Gasteiger partial charge is 0.495 e. The molecule has 2 aromatic rings. The second-order valence-corrected chi connectivity index (χ2v) is 4.92. The van der Waals surface area contributed by atoms with Crippen LogP contribution in [-0.4, -0.2) is 14.2 Å². The monoisotopic (exact) mass is 316 g/mol. The second-order valence-electron chi connectivity index (χ2n) is 4.00. The lowest BCUT2D eigenvalue weighted by molar-refractivity contribution is 0.415. The molecule has 0 unspecified atom stereocenters. The van der Waals surface area contributed by atoms with Crippen LogP contribution in [0.1, 0.15) is 5.56 Å². The van der Waals surface area contributed by atoms with E-state index in [1.807, 2.05) is 48.3 Å². The normalized spacial score (nSPS) is 9.79. The molecule has 2 rings (SSSR count). The van der Waals surface area contributed by atoms with Gasteiger partial charge in [-0.3, -0.25) is 0 Å². The van der Waals surface area contributed by atoms with E-state index in [1.54, 1.807) is 13.2 Å². The van der Waals surface area contributed by atoms with Gasteiger partial charge in [0.1, 0.15) is 11.8 Å². The van der Waals surface area contributed by atoms with Crippen LogP contribution in [0.3, 0.4) is 0 Å². The number of nitrogens with zero attached hydrogens (tertiary/aromatic N) is 2. The molecule has 0 aliphatic rings. The van der Waals surface area contributed by atoms with Crippen LogP contribution >= 0.6 is 15.9 Å². The Labute approximate surface area is 121 Å². The summed E-state index contributed by atoms with van der Waals surface area (Å²) in [5.74, 6) is 0.775. The Hall–Kier alpha value is -1.99. The predicted molar refractivity (Wildman–Crippen MR) is 79.9 cm³/mol. The summed E-state index contributed by atoms with van der Waals surface area (Å²) in [6.45, 7) is 0. The van der Waals surface area contributed by atoms with Crippen LogP contribution in [-0.2, 0) is 0 Å². The zero-order valence-electron chi connectivity index (χ0n) is 10.7. The van der Waals surface area contributed by atoms with Crippen molar-refractivity contribution < 1.29 is 4.74 Å².